The Morgan fingerprint density at radius 1 is 1.00 bits per heavy atom. The zero-order valence-electron chi connectivity index (χ0n) is 6.73. The van der Waals surface area contributed by atoms with Gasteiger partial charge in [-0.2, -0.15) is 0 Å². The molecule has 0 atom stereocenters. The van der Waals surface area contributed by atoms with Gasteiger partial charge in [-0.1, -0.05) is 0 Å². The highest BCUT2D eigenvalue weighted by Gasteiger charge is 2.03. The normalized spacial score (nSPS) is 10.5. The molecule has 0 aliphatic rings. The quantitative estimate of drug-likeness (QED) is 0.787. The van der Waals surface area contributed by atoms with Gasteiger partial charge in [-0.3, -0.25) is 0 Å². The second-order valence-corrected chi connectivity index (χ2v) is 4.80. The molecule has 0 aliphatic heterocycles. The van der Waals surface area contributed by atoms with Crippen molar-refractivity contribution in [3.63, 3.8) is 0 Å². The standard InChI is InChI=1S/C7H8N4S2/c8-6-10-2-4(12-6)1-5-3-11-7(9)13-5/h2-3H,1H2,(H2,8,10)(H2,9,11). The minimum absolute atomic E-state index is 0.604. The number of hydrogen-bond donors (Lipinski definition) is 2. The Hall–Kier alpha value is -1.14. The van der Waals surface area contributed by atoms with Crippen molar-refractivity contribution in [2.45, 2.75) is 6.42 Å². The lowest BCUT2D eigenvalue weighted by Gasteiger charge is -1.88. The van der Waals surface area contributed by atoms with Crippen LogP contribution in [0, 0.1) is 0 Å². The Morgan fingerprint density at radius 2 is 1.46 bits per heavy atom. The Labute approximate surface area is 83.3 Å². The third-order valence-corrected chi connectivity index (χ3v) is 3.14. The third-order valence-electron chi connectivity index (χ3n) is 1.49. The summed E-state index contributed by atoms with van der Waals surface area (Å²) in [5.41, 5.74) is 11.0. The van der Waals surface area contributed by atoms with Crippen LogP contribution in [0.15, 0.2) is 12.4 Å². The highest BCUT2D eigenvalue weighted by atomic mass is 32.1. The smallest absolute Gasteiger partial charge is 0.180 e. The van der Waals surface area contributed by atoms with Crippen molar-refractivity contribution in [2.24, 2.45) is 0 Å². The molecule has 4 N–H and O–H groups in total. The maximum absolute atomic E-state index is 5.51. The van der Waals surface area contributed by atoms with Gasteiger partial charge in [-0.25, -0.2) is 9.97 Å². The molecule has 0 aliphatic carbocycles. The molecule has 0 radical (unpaired) electrons. The van der Waals surface area contributed by atoms with E-state index in [-0.39, 0.29) is 0 Å². The fraction of sp³-hybridized carbons (Fsp3) is 0.143. The van der Waals surface area contributed by atoms with E-state index >= 15 is 0 Å². The molecule has 4 nitrogen and oxygen atoms in total. The molecule has 2 aromatic heterocycles. The molecular weight excluding hydrogens is 204 g/mol. The molecule has 2 heterocycles. The van der Waals surface area contributed by atoms with E-state index in [0.29, 0.717) is 10.3 Å². The summed E-state index contributed by atoms with van der Waals surface area (Å²) in [4.78, 5) is 10.2. The Morgan fingerprint density at radius 3 is 1.77 bits per heavy atom. The van der Waals surface area contributed by atoms with Crippen LogP contribution >= 0.6 is 22.7 Å². The van der Waals surface area contributed by atoms with Crippen molar-refractivity contribution >= 4 is 32.9 Å². The van der Waals surface area contributed by atoms with Gasteiger partial charge in [-0.05, 0) is 0 Å². The average molecular weight is 212 g/mol. The molecule has 0 aromatic carbocycles. The second kappa shape index (κ2) is 3.31. The van der Waals surface area contributed by atoms with E-state index in [9.17, 15) is 0 Å². The van der Waals surface area contributed by atoms with Crippen molar-refractivity contribution in [1.29, 1.82) is 0 Å². The average Bonchev–Trinajstić information content (AvgIpc) is 2.62. The van der Waals surface area contributed by atoms with Crippen LogP contribution in [0.5, 0.6) is 0 Å². The summed E-state index contributed by atoms with van der Waals surface area (Å²) >= 11 is 2.99. The zero-order chi connectivity index (χ0) is 9.26. The molecule has 68 valence electrons. The number of nitrogen functional groups attached to an aromatic ring is 2. The fourth-order valence-electron chi connectivity index (χ4n) is 0.980. The summed E-state index contributed by atoms with van der Waals surface area (Å²) in [7, 11) is 0. The predicted molar refractivity (Wildman–Crippen MR) is 55.9 cm³/mol. The van der Waals surface area contributed by atoms with Crippen molar-refractivity contribution < 1.29 is 0 Å². The minimum Gasteiger partial charge on any atom is -0.375 e. The highest BCUT2D eigenvalue weighted by molar-refractivity contribution is 7.16. The molecule has 0 saturated heterocycles. The van der Waals surface area contributed by atoms with E-state index < -0.39 is 0 Å². The number of thiazole rings is 2. The first-order chi connectivity index (χ1) is 6.24. The molecule has 0 saturated carbocycles. The predicted octanol–water partition coefficient (Wildman–Crippen LogP) is 1.35. The zero-order valence-corrected chi connectivity index (χ0v) is 8.36. The van der Waals surface area contributed by atoms with Gasteiger partial charge in [-0.15, -0.1) is 22.7 Å². The number of rotatable bonds is 2. The van der Waals surface area contributed by atoms with Gasteiger partial charge in [0.1, 0.15) is 0 Å². The first-order valence-electron chi connectivity index (χ1n) is 3.64. The van der Waals surface area contributed by atoms with E-state index in [0.717, 1.165) is 16.2 Å². The SMILES string of the molecule is Nc1ncc(Cc2cnc(N)s2)s1. The minimum atomic E-state index is 0.604. The van der Waals surface area contributed by atoms with Crippen LogP contribution in [0.3, 0.4) is 0 Å². The first kappa shape index (κ1) is 8.46. The van der Waals surface area contributed by atoms with Gasteiger partial charge < -0.3 is 11.5 Å². The van der Waals surface area contributed by atoms with E-state index in [2.05, 4.69) is 9.97 Å². The molecule has 2 rings (SSSR count). The second-order valence-electron chi connectivity index (χ2n) is 2.51. The number of nitrogens with zero attached hydrogens (tertiary/aromatic N) is 2. The molecule has 6 heteroatoms. The van der Waals surface area contributed by atoms with Crippen molar-refractivity contribution in [3.05, 3.63) is 22.1 Å². The van der Waals surface area contributed by atoms with Gasteiger partial charge in [0.05, 0.1) is 0 Å². The Bertz CT molecular complexity index is 368. The topological polar surface area (TPSA) is 77.8 Å². The maximum atomic E-state index is 5.51. The largest absolute Gasteiger partial charge is 0.375 e. The number of anilines is 2. The molecular formula is C7H8N4S2. The molecule has 0 amide bonds. The molecule has 0 spiro atoms. The highest BCUT2D eigenvalue weighted by Crippen LogP contribution is 2.22. The molecule has 13 heavy (non-hydrogen) atoms. The Kier molecular flexibility index (Phi) is 2.15. The fourth-order valence-corrected chi connectivity index (χ4v) is 2.49. The monoisotopic (exact) mass is 212 g/mol. The van der Waals surface area contributed by atoms with Gasteiger partial charge >= 0.3 is 0 Å². The summed E-state index contributed by atoms with van der Waals surface area (Å²) in [5, 5.41) is 1.21. The molecule has 2 aromatic rings. The van der Waals surface area contributed by atoms with Crippen molar-refractivity contribution in [1.82, 2.24) is 9.97 Å². The van der Waals surface area contributed by atoms with Crippen LogP contribution in [0.1, 0.15) is 9.75 Å². The molecule has 0 fully saturated rings. The van der Waals surface area contributed by atoms with E-state index in [1.54, 1.807) is 12.4 Å². The van der Waals surface area contributed by atoms with Crippen molar-refractivity contribution in [3.8, 4) is 0 Å². The van der Waals surface area contributed by atoms with Crippen molar-refractivity contribution in [2.75, 3.05) is 11.5 Å². The summed E-state index contributed by atoms with van der Waals surface area (Å²) < 4.78 is 0. The molecule has 0 unspecified atom stereocenters. The van der Waals surface area contributed by atoms with Gasteiger partial charge in [0.15, 0.2) is 10.3 Å². The summed E-state index contributed by atoms with van der Waals surface area (Å²) in [6.45, 7) is 0. The van der Waals surface area contributed by atoms with E-state index in [1.807, 2.05) is 0 Å². The third kappa shape index (κ3) is 1.96. The van der Waals surface area contributed by atoms with Crippen LogP contribution in [0.25, 0.3) is 0 Å². The van der Waals surface area contributed by atoms with Crippen LogP contribution in [-0.4, -0.2) is 9.97 Å². The van der Waals surface area contributed by atoms with Crippen LogP contribution in [0.2, 0.25) is 0 Å². The maximum Gasteiger partial charge on any atom is 0.180 e. The number of hydrogen-bond acceptors (Lipinski definition) is 6. The van der Waals surface area contributed by atoms with Gasteiger partial charge in [0.25, 0.3) is 0 Å². The molecule has 0 bridgehead atoms. The van der Waals surface area contributed by atoms with E-state index in [1.165, 1.54) is 22.7 Å². The van der Waals surface area contributed by atoms with Crippen LogP contribution in [0.4, 0.5) is 10.3 Å². The van der Waals surface area contributed by atoms with Crippen LogP contribution in [-0.2, 0) is 6.42 Å². The lowest BCUT2D eigenvalue weighted by molar-refractivity contribution is 1.24. The van der Waals surface area contributed by atoms with Gasteiger partial charge in [0, 0.05) is 28.6 Å². The van der Waals surface area contributed by atoms with E-state index in [4.69, 9.17) is 11.5 Å². The Balaban J connectivity index is 2.14. The van der Waals surface area contributed by atoms with Crippen LogP contribution < -0.4 is 11.5 Å². The lowest BCUT2D eigenvalue weighted by atomic mass is 10.3. The van der Waals surface area contributed by atoms with Gasteiger partial charge in [0.2, 0.25) is 0 Å². The number of aromatic nitrogens is 2. The summed E-state index contributed by atoms with van der Waals surface area (Å²) in [6.07, 6.45) is 4.40. The number of nitrogens with two attached hydrogens (primary N) is 2. The lowest BCUT2D eigenvalue weighted by Crippen LogP contribution is -1.78. The first-order valence-corrected chi connectivity index (χ1v) is 5.27. The summed E-state index contributed by atoms with van der Waals surface area (Å²) in [6, 6.07) is 0. The summed E-state index contributed by atoms with van der Waals surface area (Å²) in [5.74, 6) is 0.